The standard InChI is InChI=1S/C13H20N2O2S/c14-15-13(8-11-4-2-1-3-5-11)9-12-6-7-18(16,17)10-12/h1-5,12-13,15H,6-10,14H2. The molecular weight excluding hydrogens is 248 g/mol. The SMILES string of the molecule is NNC(Cc1ccccc1)CC1CCS(=O)(=O)C1. The van der Waals surface area contributed by atoms with Gasteiger partial charge >= 0.3 is 0 Å². The highest BCUT2D eigenvalue weighted by Gasteiger charge is 2.29. The molecule has 3 N–H and O–H groups in total. The second kappa shape index (κ2) is 5.82. The summed E-state index contributed by atoms with van der Waals surface area (Å²) < 4.78 is 22.8. The maximum Gasteiger partial charge on any atom is 0.150 e. The fourth-order valence-corrected chi connectivity index (χ4v) is 4.45. The van der Waals surface area contributed by atoms with Crippen LogP contribution in [-0.4, -0.2) is 26.0 Å². The Bertz CT molecular complexity index is 473. The highest BCUT2D eigenvalue weighted by atomic mass is 32.2. The summed E-state index contributed by atoms with van der Waals surface area (Å²) in [6, 6.07) is 10.3. The number of hydrogen-bond acceptors (Lipinski definition) is 4. The smallest absolute Gasteiger partial charge is 0.150 e. The lowest BCUT2D eigenvalue weighted by molar-refractivity contribution is 0.408. The summed E-state index contributed by atoms with van der Waals surface area (Å²) in [4.78, 5) is 0. The van der Waals surface area contributed by atoms with Gasteiger partial charge in [-0.25, -0.2) is 8.42 Å². The van der Waals surface area contributed by atoms with Crippen LogP contribution < -0.4 is 11.3 Å². The third-order valence-corrected chi connectivity index (χ3v) is 5.34. The van der Waals surface area contributed by atoms with Crippen molar-refractivity contribution >= 4 is 9.84 Å². The Hall–Kier alpha value is -0.910. The first-order valence-corrected chi connectivity index (χ1v) is 8.11. The molecule has 1 aliphatic heterocycles. The first-order chi connectivity index (χ1) is 8.59. The van der Waals surface area contributed by atoms with Crippen LogP contribution in [0.25, 0.3) is 0 Å². The predicted octanol–water partition coefficient (Wildman–Crippen LogP) is 0.886. The molecule has 0 radical (unpaired) electrons. The average Bonchev–Trinajstić information content (AvgIpc) is 2.69. The molecule has 1 heterocycles. The van der Waals surface area contributed by atoms with Crippen LogP contribution in [0.2, 0.25) is 0 Å². The molecule has 0 aliphatic carbocycles. The quantitative estimate of drug-likeness (QED) is 0.614. The van der Waals surface area contributed by atoms with E-state index < -0.39 is 9.84 Å². The molecule has 0 saturated carbocycles. The molecular formula is C13H20N2O2S. The molecule has 1 saturated heterocycles. The zero-order valence-corrected chi connectivity index (χ0v) is 11.2. The molecule has 1 aliphatic rings. The van der Waals surface area contributed by atoms with Gasteiger partial charge in [-0.05, 0) is 30.7 Å². The third-order valence-electron chi connectivity index (χ3n) is 3.51. The molecule has 0 spiro atoms. The summed E-state index contributed by atoms with van der Waals surface area (Å²) >= 11 is 0. The van der Waals surface area contributed by atoms with Gasteiger partial charge in [0.15, 0.2) is 9.84 Å². The number of benzene rings is 1. The van der Waals surface area contributed by atoms with Gasteiger partial charge in [0.1, 0.15) is 0 Å². The normalized spacial score (nSPS) is 23.9. The van der Waals surface area contributed by atoms with E-state index in [0.717, 1.165) is 19.3 Å². The van der Waals surface area contributed by atoms with E-state index in [4.69, 9.17) is 5.84 Å². The average molecular weight is 268 g/mol. The summed E-state index contributed by atoms with van der Waals surface area (Å²) in [6.45, 7) is 0. The molecule has 100 valence electrons. The van der Waals surface area contributed by atoms with Gasteiger partial charge in [-0.2, -0.15) is 0 Å². The lowest BCUT2D eigenvalue weighted by Gasteiger charge is -2.19. The van der Waals surface area contributed by atoms with Crippen LogP contribution >= 0.6 is 0 Å². The maximum absolute atomic E-state index is 11.4. The van der Waals surface area contributed by atoms with Crippen molar-refractivity contribution in [3.05, 3.63) is 35.9 Å². The van der Waals surface area contributed by atoms with Gasteiger partial charge in [0.2, 0.25) is 0 Å². The fourth-order valence-electron chi connectivity index (χ4n) is 2.57. The van der Waals surface area contributed by atoms with Crippen LogP contribution in [-0.2, 0) is 16.3 Å². The van der Waals surface area contributed by atoms with Crippen molar-refractivity contribution in [1.82, 2.24) is 5.43 Å². The van der Waals surface area contributed by atoms with Crippen molar-refractivity contribution < 1.29 is 8.42 Å². The van der Waals surface area contributed by atoms with Crippen LogP contribution in [0.5, 0.6) is 0 Å². The Morgan fingerprint density at radius 2 is 2.06 bits per heavy atom. The second-order valence-electron chi connectivity index (χ2n) is 5.06. The van der Waals surface area contributed by atoms with Crippen LogP contribution in [0.1, 0.15) is 18.4 Å². The molecule has 1 aromatic rings. The zero-order chi connectivity index (χ0) is 13.0. The second-order valence-corrected chi connectivity index (χ2v) is 7.29. The van der Waals surface area contributed by atoms with E-state index >= 15 is 0 Å². The van der Waals surface area contributed by atoms with E-state index in [1.807, 2.05) is 18.2 Å². The monoisotopic (exact) mass is 268 g/mol. The van der Waals surface area contributed by atoms with Crippen molar-refractivity contribution in [3.8, 4) is 0 Å². The number of hydrogen-bond donors (Lipinski definition) is 2. The van der Waals surface area contributed by atoms with Crippen LogP contribution in [0.15, 0.2) is 30.3 Å². The summed E-state index contributed by atoms with van der Waals surface area (Å²) in [5, 5.41) is 0. The van der Waals surface area contributed by atoms with E-state index in [9.17, 15) is 8.42 Å². The van der Waals surface area contributed by atoms with E-state index in [2.05, 4.69) is 17.6 Å². The Labute approximate surface area is 108 Å². The zero-order valence-electron chi connectivity index (χ0n) is 10.4. The summed E-state index contributed by atoms with van der Waals surface area (Å²) in [6.07, 6.45) is 2.44. The van der Waals surface area contributed by atoms with Gasteiger partial charge in [0.05, 0.1) is 11.5 Å². The minimum absolute atomic E-state index is 0.144. The van der Waals surface area contributed by atoms with Gasteiger partial charge in [-0.3, -0.25) is 11.3 Å². The summed E-state index contributed by atoms with van der Waals surface area (Å²) in [7, 11) is -2.79. The van der Waals surface area contributed by atoms with Crippen molar-refractivity contribution in [2.24, 2.45) is 11.8 Å². The van der Waals surface area contributed by atoms with Crippen molar-refractivity contribution in [2.75, 3.05) is 11.5 Å². The van der Waals surface area contributed by atoms with E-state index in [1.54, 1.807) is 0 Å². The molecule has 5 heteroatoms. The Morgan fingerprint density at radius 3 is 2.61 bits per heavy atom. The molecule has 0 bridgehead atoms. The maximum atomic E-state index is 11.4. The Kier molecular flexibility index (Phi) is 4.37. The molecule has 2 unspecified atom stereocenters. The number of nitrogens with two attached hydrogens (primary N) is 1. The largest absolute Gasteiger partial charge is 0.271 e. The highest BCUT2D eigenvalue weighted by molar-refractivity contribution is 7.91. The molecule has 1 aromatic carbocycles. The topological polar surface area (TPSA) is 72.2 Å². The predicted molar refractivity (Wildman–Crippen MR) is 72.6 cm³/mol. The molecule has 2 rings (SSSR count). The van der Waals surface area contributed by atoms with E-state index in [-0.39, 0.29) is 12.0 Å². The Morgan fingerprint density at radius 1 is 1.33 bits per heavy atom. The molecule has 18 heavy (non-hydrogen) atoms. The number of hydrazine groups is 1. The fraction of sp³-hybridized carbons (Fsp3) is 0.538. The minimum atomic E-state index is -2.79. The number of sulfone groups is 1. The van der Waals surface area contributed by atoms with Crippen molar-refractivity contribution in [1.29, 1.82) is 0 Å². The first-order valence-electron chi connectivity index (χ1n) is 6.29. The van der Waals surface area contributed by atoms with Crippen LogP contribution in [0, 0.1) is 5.92 Å². The van der Waals surface area contributed by atoms with Gasteiger partial charge in [-0.1, -0.05) is 30.3 Å². The minimum Gasteiger partial charge on any atom is -0.271 e. The number of nitrogens with one attached hydrogen (secondary N) is 1. The molecule has 4 nitrogen and oxygen atoms in total. The van der Waals surface area contributed by atoms with Gasteiger partial charge in [-0.15, -0.1) is 0 Å². The van der Waals surface area contributed by atoms with Gasteiger partial charge in [0.25, 0.3) is 0 Å². The number of rotatable bonds is 5. The first kappa shape index (κ1) is 13.5. The molecule has 1 fully saturated rings. The van der Waals surface area contributed by atoms with Crippen LogP contribution in [0.4, 0.5) is 0 Å². The summed E-state index contributed by atoms with van der Waals surface area (Å²) in [5.74, 6) is 6.47. The highest BCUT2D eigenvalue weighted by Crippen LogP contribution is 2.23. The van der Waals surface area contributed by atoms with Gasteiger partial charge in [0, 0.05) is 6.04 Å². The van der Waals surface area contributed by atoms with Gasteiger partial charge < -0.3 is 0 Å². The lowest BCUT2D eigenvalue weighted by atomic mass is 9.95. The Balaban J connectivity index is 1.90. The van der Waals surface area contributed by atoms with E-state index in [0.29, 0.717) is 11.5 Å². The molecule has 2 atom stereocenters. The van der Waals surface area contributed by atoms with Crippen LogP contribution in [0.3, 0.4) is 0 Å². The van der Waals surface area contributed by atoms with E-state index in [1.165, 1.54) is 5.56 Å². The molecule has 0 aromatic heterocycles. The molecule has 0 amide bonds. The lowest BCUT2D eigenvalue weighted by Crippen LogP contribution is -2.38. The summed E-state index contributed by atoms with van der Waals surface area (Å²) in [5.41, 5.74) is 4.03. The third kappa shape index (κ3) is 3.80. The van der Waals surface area contributed by atoms with Crippen molar-refractivity contribution in [2.45, 2.75) is 25.3 Å². The van der Waals surface area contributed by atoms with Crippen molar-refractivity contribution in [3.63, 3.8) is 0 Å².